The predicted molar refractivity (Wildman–Crippen MR) is 82.9 cm³/mol. The van der Waals surface area contributed by atoms with Crippen LogP contribution in [0.4, 0.5) is 0 Å². The second-order valence-electron chi connectivity index (χ2n) is 5.35. The topological polar surface area (TPSA) is 81.7 Å². The van der Waals surface area contributed by atoms with Crippen LogP contribution in [0.3, 0.4) is 0 Å². The van der Waals surface area contributed by atoms with E-state index in [-0.39, 0.29) is 36.4 Å². The van der Waals surface area contributed by atoms with Gasteiger partial charge in [0.1, 0.15) is 11.5 Å². The molecule has 7 heteroatoms. The normalized spacial score (nSPS) is 19.6. The summed E-state index contributed by atoms with van der Waals surface area (Å²) in [5.41, 5.74) is 0. The van der Waals surface area contributed by atoms with Gasteiger partial charge in [0, 0.05) is 6.54 Å². The number of carbonyl (C=O) groups is 1. The Balaban J connectivity index is 1.63. The van der Waals surface area contributed by atoms with Crippen LogP contribution in [0.25, 0.3) is 0 Å². The molecule has 22 heavy (non-hydrogen) atoms. The zero-order chi connectivity index (χ0) is 16.0. The Kier molecular flexibility index (Phi) is 5.65. The number of ether oxygens (including phenoxy) is 2. The number of hydrogen-bond donors (Lipinski definition) is 1. The van der Waals surface area contributed by atoms with E-state index in [1.807, 2.05) is 0 Å². The summed E-state index contributed by atoms with van der Waals surface area (Å²) < 4.78 is 33.2. The molecule has 0 saturated carbocycles. The lowest BCUT2D eigenvalue weighted by Crippen LogP contribution is -2.30. The molecule has 0 radical (unpaired) electrons. The Hall–Kier alpha value is -1.76. The van der Waals surface area contributed by atoms with Crippen LogP contribution in [0.1, 0.15) is 12.8 Å². The number of nitrogens with one attached hydrogen (secondary N) is 1. The minimum Gasteiger partial charge on any atom is -0.497 e. The highest BCUT2D eigenvalue weighted by Gasteiger charge is 2.27. The van der Waals surface area contributed by atoms with E-state index >= 15 is 0 Å². The van der Waals surface area contributed by atoms with Crippen LogP contribution in [-0.2, 0) is 14.6 Å². The van der Waals surface area contributed by atoms with Crippen molar-refractivity contribution in [3.05, 3.63) is 24.3 Å². The molecule has 1 aliphatic heterocycles. The van der Waals surface area contributed by atoms with Crippen LogP contribution in [-0.4, -0.2) is 46.1 Å². The maximum absolute atomic E-state index is 11.7. The van der Waals surface area contributed by atoms with Gasteiger partial charge < -0.3 is 14.8 Å². The molecule has 1 saturated heterocycles. The van der Waals surface area contributed by atoms with Gasteiger partial charge in [0.25, 0.3) is 0 Å². The summed E-state index contributed by atoms with van der Waals surface area (Å²) in [7, 11) is -1.30. The first-order valence-electron chi connectivity index (χ1n) is 7.22. The Morgan fingerprint density at radius 3 is 2.55 bits per heavy atom. The minimum atomic E-state index is -2.89. The SMILES string of the molecule is COc1ccc(OCCC(=O)NC[C@@H]2CCS(=O)(=O)C2)cc1. The molecular weight excluding hydrogens is 306 g/mol. The van der Waals surface area contributed by atoms with E-state index < -0.39 is 9.84 Å². The van der Waals surface area contributed by atoms with Crippen LogP contribution in [0.5, 0.6) is 11.5 Å². The molecule has 6 nitrogen and oxygen atoms in total. The molecule has 1 aromatic rings. The number of hydrogen-bond acceptors (Lipinski definition) is 5. The molecule has 0 spiro atoms. The first-order valence-corrected chi connectivity index (χ1v) is 9.04. The summed E-state index contributed by atoms with van der Waals surface area (Å²) in [6.45, 7) is 0.696. The van der Waals surface area contributed by atoms with E-state index in [0.717, 1.165) is 5.75 Å². The van der Waals surface area contributed by atoms with Crippen molar-refractivity contribution in [1.82, 2.24) is 5.32 Å². The van der Waals surface area contributed by atoms with Crippen LogP contribution in [0.2, 0.25) is 0 Å². The van der Waals surface area contributed by atoms with Crippen molar-refractivity contribution in [2.75, 3.05) is 31.8 Å². The van der Waals surface area contributed by atoms with E-state index in [9.17, 15) is 13.2 Å². The molecule has 1 N–H and O–H groups in total. The molecular formula is C15H21NO5S. The van der Waals surface area contributed by atoms with Gasteiger partial charge in [-0.1, -0.05) is 0 Å². The van der Waals surface area contributed by atoms with Crippen LogP contribution in [0, 0.1) is 5.92 Å². The molecule has 1 aromatic carbocycles. The molecule has 1 fully saturated rings. The number of methoxy groups -OCH3 is 1. The first-order chi connectivity index (χ1) is 10.5. The van der Waals surface area contributed by atoms with Crippen molar-refractivity contribution >= 4 is 15.7 Å². The number of carbonyl (C=O) groups excluding carboxylic acids is 1. The first kappa shape index (κ1) is 16.6. The monoisotopic (exact) mass is 327 g/mol. The van der Waals surface area contributed by atoms with Crippen molar-refractivity contribution in [3.8, 4) is 11.5 Å². The molecule has 0 aromatic heterocycles. The fourth-order valence-electron chi connectivity index (χ4n) is 2.31. The average molecular weight is 327 g/mol. The van der Waals surface area contributed by atoms with Crippen molar-refractivity contribution in [2.45, 2.75) is 12.8 Å². The summed E-state index contributed by atoms with van der Waals surface area (Å²) in [6.07, 6.45) is 0.871. The van der Waals surface area contributed by atoms with Crippen LogP contribution >= 0.6 is 0 Å². The fraction of sp³-hybridized carbons (Fsp3) is 0.533. The molecule has 122 valence electrons. The summed E-state index contributed by atoms with van der Waals surface area (Å²) in [5.74, 6) is 1.74. The van der Waals surface area contributed by atoms with Crippen molar-refractivity contribution in [3.63, 3.8) is 0 Å². The quantitative estimate of drug-likeness (QED) is 0.808. The predicted octanol–water partition coefficient (Wildman–Crippen LogP) is 1.02. The second kappa shape index (κ2) is 7.49. The molecule has 0 unspecified atom stereocenters. The number of sulfone groups is 1. The van der Waals surface area contributed by atoms with Crippen molar-refractivity contribution < 1.29 is 22.7 Å². The Morgan fingerprint density at radius 2 is 1.95 bits per heavy atom. The third-order valence-electron chi connectivity index (χ3n) is 3.57. The number of rotatable bonds is 7. The molecule has 2 rings (SSSR count). The van der Waals surface area contributed by atoms with Crippen molar-refractivity contribution in [2.24, 2.45) is 5.92 Å². The average Bonchev–Trinajstić information content (AvgIpc) is 2.85. The molecule has 1 atom stereocenters. The van der Waals surface area contributed by atoms with Gasteiger partial charge in [-0.2, -0.15) is 0 Å². The van der Waals surface area contributed by atoms with Gasteiger partial charge in [0.05, 0.1) is 31.6 Å². The highest BCUT2D eigenvalue weighted by molar-refractivity contribution is 7.91. The Bertz CT molecular complexity index is 597. The van der Waals surface area contributed by atoms with E-state index in [1.54, 1.807) is 31.4 Å². The lowest BCUT2D eigenvalue weighted by molar-refractivity contribution is -0.121. The molecule has 1 amide bonds. The summed E-state index contributed by atoms with van der Waals surface area (Å²) >= 11 is 0. The smallest absolute Gasteiger partial charge is 0.223 e. The zero-order valence-electron chi connectivity index (χ0n) is 12.6. The van der Waals surface area contributed by atoms with Gasteiger partial charge in [-0.25, -0.2) is 8.42 Å². The van der Waals surface area contributed by atoms with Crippen LogP contribution < -0.4 is 14.8 Å². The second-order valence-corrected chi connectivity index (χ2v) is 7.58. The van der Waals surface area contributed by atoms with Gasteiger partial charge in [-0.05, 0) is 36.6 Å². The van der Waals surface area contributed by atoms with E-state index in [0.29, 0.717) is 18.7 Å². The minimum absolute atomic E-state index is 0.0384. The van der Waals surface area contributed by atoms with E-state index in [2.05, 4.69) is 5.32 Å². The van der Waals surface area contributed by atoms with Gasteiger partial charge in [0.15, 0.2) is 9.84 Å². The van der Waals surface area contributed by atoms with Crippen LogP contribution in [0.15, 0.2) is 24.3 Å². The molecule has 0 bridgehead atoms. The maximum atomic E-state index is 11.7. The molecule has 1 aliphatic rings. The lowest BCUT2D eigenvalue weighted by Gasteiger charge is -2.10. The van der Waals surface area contributed by atoms with Gasteiger partial charge in [0.2, 0.25) is 5.91 Å². The Morgan fingerprint density at radius 1 is 1.27 bits per heavy atom. The molecule has 1 heterocycles. The summed E-state index contributed by atoms with van der Waals surface area (Å²) in [5, 5.41) is 2.76. The molecule has 0 aliphatic carbocycles. The van der Waals surface area contributed by atoms with E-state index in [1.165, 1.54) is 0 Å². The lowest BCUT2D eigenvalue weighted by atomic mass is 10.1. The van der Waals surface area contributed by atoms with Crippen molar-refractivity contribution in [1.29, 1.82) is 0 Å². The standard InChI is InChI=1S/C15H21NO5S/c1-20-13-2-4-14(5-3-13)21-8-6-15(17)16-10-12-7-9-22(18,19)11-12/h2-5,12H,6-11H2,1H3,(H,16,17)/t12-/m0/s1. The number of benzene rings is 1. The Labute approximate surface area is 130 Å². The third-order valence-corrected chi connectivity index (χ3v) is 5.41. The zero-order valence-corrected chi connectivity index (χ0v) is 13.4. The maximum Gasteiger partial charge on any atom is 0.223 e. The summed E-state index contributed by atoms with van der Waals surface area (Å²) in [6, 6.07) is 7.13. The van der Waals surface area contributed by atoms with Gasteiger partial charge in [-0.3, -0.25) is 4.79 Å². The fourth-order valence-corrected chi connectivity index (χ4v) is 4.17. The van der Waals surface area contributed by atoms with E-state index in [4.69, 9.17) is 9.47 Å². The summed E-state index contributed by atoms with van der Waals surface area (Å²) in [4.78, 5) is 11.7. The largest absolute Gasteiger partial charge is 0.497 e. The highest BCUT2D eigenvalue weighted by Crippen LogP contribution is 2.18. The van der Waals surface area contributed by atoms with Gasteiger partial charge in [-0.15, -0.1) is 0 Å². The third kappa shape index (κ3) is 5.22. The highest BCUT2D eigenvalue weighted by atomic mass is 32.2. The van der Waals surface area contributed by atoms with Gasteiger partial charge >= 0.3 is 0 Å². The number of amides is 1.